The van der Waals surface area contributed by atoms with Gasteiger partial charge >= 0.3 is 0 Å². The van der Waals surface area contributed by atoms with Crippen LogP contribution in [0.25, 0.3) is 0 Å². The Labute approximate surface area is 116 Å². The Morgan fingerprint density at radius 1 is 1.50 bits per heavy atom. The van der Waals surface area contributed by atoms with Crippen molar-refractivity contribution >= 4 is 15.9 Å². The fraction of sp³-hybridized carbons (Fsp3) is 0.571. The summed E-state index contributed by atoms with van der Waals surface area (Å²) in [6, 6.07) is 4.27. The monoisotopic (exact) mass is 314 g/mol. The van der Waals surface area contributed by atoms with Crippen LogP contribution in [0.4, 0.5) is 4.39 Å². The molecule has 1 fully saturated rings. The predicted octanol–water partition coefficient (Wildman–Crippen LogP) is 3.10. The van der Waals surface area contributed by atoms with Crippen molar-refractivity contribution in [1.29, 1.82) is 0 Å². The standard InChI is InChI=1S/C14H20BrFN2/c1-3-10-5-11(6-12(15)14(10)16)13-4-9(7-17)8-18(13)2/h5-6,9,13H,3-4,7-8,17H2,1-2H3. The molecule has 0 amide bonds. The average molecular weight is 315 g/mol. The summed E-state index contributed by atoms with van der Waals surface area (Å²) in [5.74, 6) is 0.422. The van der Waals surface area contributed by atoms with Crippen LogP contribution in [-0.2, 0) is 6.42 Å². The lowest BCUT2D eigenvalue weighted by molar-refractivity contribution is 0.313. The number of aryl methyl sites for hydroxylation is 1. The summed E-state index contributed by atoms with van der Waals surface area (Å²) in [6.45, 7) is 3.73. The van der Waals surface area contributed by atoms with Crippen LogP contribution in [0.15, 0.2) is 16.6 Å². The average Bonchev–Trinajstić information content (AvgIpc) is 2.74. The Hall–Kier alpha value is -0.450. The van der Waals surface area contributed by atoms with Gasteiger partial charge in [-0.2, -0.15) is 0 Å². The van der Waals surface area contributed by atoms with Gasteiger partial charge in [-0.1, -0.05) is 13.0 Å². The van der Waals surface area contributed by atoms with Gasteiger partial charge in [0.2, 0.25) is 0 Å². The molecule has 0 aliphatic carbocycles. The zero-order chi connectivity index (χ0) is 13.3. The van der Waals surface area contributed by atoms with E-state index in [1.54, 1.807) is 0 Å². The van der Waals surface area contributed by atoms with Crippen LogP contribution in [-0.4, -0.2) is 25.0 Å². The maximum Gasteiger partial charge on any atom is 0.140 e. The molecule has 0 aromatic heterocycles. The molecule has 1 heterocycles. The number of halogens is 2. The van der Waals surface area contributed by atoms with Gasteiger partial charge < -0.3 is 5.73 Å². The highest BCUT2D eigenvalue weighted by Crippen LogP contribution is 2.36. The molecule has 2 atom stereocenters. The Morgan fingerprint density at radius 2 is 2.22 bits per heavy atom. The van der Waals surface area contributed by atoms with E-state index in [9.17, 15) is 4.39 Å². The normalized spacial score (nSPS) is 24.7. The second-order valence-electron chi connectivity index (χ2n) is 5.12. The molecule has 0 bridgehead atoms. The van der Waals surface area contributed by atoms with Crippen molar-refractivity contribution in [3.8, 4) is 0 Å². The van der Waals surface area contributed by atoms with Gasteiger partial charge in [0.05, 0.1) is 4.47 Å². The number of benzene rings is 1. The molecule has 0 radical (unpaired) electrons. The van der Waals surface area contributed by atoms with Crippen molar-refractivity contribution in [3.63, 3.8) is 0 Å². The van der Waals surface area contributed by atoms with Crippen LogP contribution < -0.4 is 5.73 Å². The lowest BCUT2D eigenvalue weighted by Crippen LogP contribution is -2.20. The summed E-state index contributed by atoms with van der Waals surface area (Å²) in [6.07, 6.45) is 1.78. The Bertz CT molecular complexity index is 436. The summed E-state index contributed by atoms with van der Waals surface area (Å²) in [5.41, 5.74) is 7.73. The number of hydrogen-bond acceptors (Lipinski definition) is 2. The zero-order valence-electron chi connectivity index (χ0n) is 10.9. The molecule has 2 rings (SSSR count). The molecule has 1 aromatic carbocycles. The Kier molecular flexibility index (Phi) is 4.41. The smallest absolute Gasteiger partial charge is 0.140 e. The molecule has 1 aliphatic heterocycles. The minimum atomic E-state index is -0.128. The molecule has 100 valence electrons. The van der Waals surface area contributed by atoms with Crippen molar-refractivity contribution in [1.82, 2.24) is 4.90 Å². The van der Waals surface area contributed by atoms with E-state index in [0.717, 1.165) is 31.5 Å². The molecule has 2 unspecified atom stereocenters. The van der Waals surface area contributed by atoms with Crippen molar-refractivity contribution in [2.45, 2.75) is 25.8 Å². The summed E-state index contributed by atoms with van der Waals surface area (Å²) in [4.78, 5) is 2.32. The lowest BCUT2D eigenvalue weighted by atomic mass is 9.97. The van der Waals surface area contributed by atoms with E-state index in [1.165, 1.54) is 5.56 Å². The third-order valence-electron chi connectivity index (χ3n) is 3.86. The first-order valence-corrected chi connectivity index (χ1v) is 7.24. The Balaban J connectivity index is 2.31. The van der Waals surface area contributed by atoms with Crippen LogP contribution in [0, 0.1) is 11.7 Å². The first kappa shape index (κ1) is 14.0. The topological polar surface area (TPSA) is 29.3 Å². The minimum Gasteiger partial charge on any atom is -0.330 e. The van der Waals surface area contributed by atoms with Crippen molar-refractivity contribution in [3.05, 3.63) is 33.5 Å². The predicted molar refractivity (Wildman–Crippen MR) is 76.0 cm³/mol. The van der Waals surface area contributed by atoms with E-state index >= 15 is 0 Å². The fourth-order valence-electron chi connectivity index (χ4n) is 2.78. The fourth-order valence-corrected chi connectivity index (χ4v) is 3.30. The van der Waals surface area contributed by atoms with Crippen LogP contribution in [0.1, 0.15) is 30.5 Å². The molecule has 0 saturated carbocycles. The van der Waals surface area contributed by atoms with Gasteiger partial charge in [-0.3, -0.25) is 4.90 Å². The quantitative estimate of drug-likeness (QED) is 0.929. The van der Waals surface area contributed by atoms with Crippen LogP contribution in [0.3, 0.4) is 0 Å². The summed E-state index contributed by atoms with van der Waals surface area (Å²) in [5, 5.41) is 0. The van der Waals surface area contributed by atoms with E-state index in [1.807, 2.05) is 19.1 Å². The van der Waals surface area contributed by atoms with Gasteiger partial charge in [-0.25, -0.2) is 4.39 Å². The minimum absolute atomic E-state index is 0.128. The molecule has 4 heteroatoms. The van der Waals surface area contributed by atoms with E-state index in [0.29, 0.717) is 16.4 Å². The molecule has 1 saturated heterocycles. The number of nitrogens with two attached hydrogens (primary N) is 1. The summed E-state index contributed by atoms with van der Waals surface area (Å²) < 4.78 is 14.4. The number of likely N-dealkylation sites (tertiary alicyclic amines) is 1. The van der Waals surface area contributed by atoms with Gasteiger partial charge in [-0.15, -0.1) is 0 Å². The molecular formula is C14H20BrFN2. The van der Waals surface area contributed by atoms with Gasteiger partial charge in [0.25, 0.3) is 0 Å². The third kappa shape index (κ3) is 2.60. The number of rotatable bonds is 3. The first-order chi connectivity index (χ1) is 8.56. The van der Waals surface area contributed by atoms with Crippen molar-refractivity contribution in [2.24, 2.45) is 11.7 Å². The zero-order valence-corrected chi connectivity index (χ0v) is 12.5. The molecule has 0 spiro atoms. The third-order valence-corrected chi connectivity index (χ3v) is 4.44. The van der Waals surface area contributed by atoms with E-state index in [-0.39, 0.29) is 5.82 Å². The number of nitrogens with zero attached hydrogens (tertiary/aromatic N) is 1. The van der Waals surface area contributed by atoms with Gasteiger partial charge in [-0.05, 0) is 65.5 Å². The van der Waals surface area contributed by atoms with Crippen LogP contribution in [0.2, 0.25) is 0 Å². The van der Waals surface area contributed by atoms with Crippen molar-refractivity contribution < 1.29 is 4.39 Å². The van der Waals surface area contributed by atoms with Gasteiger partial charge in [0, 0.05) is 12.6 Å². The first-order valence-electron chi connectivity index (χ1n) is 6.44. The van der Waals surface area contributed by atoms with E-state index in [2.05, 4.69) is 27.9 Å². The second kappa shape index (κ2) is 5.68. The van der Waals surface area contributed by atoms with Crippen LogP contribution in [0.5, 0.6) is 0 Å². The molecule has 18 heavy (non-hydrogen) atoms. The lowest BCUT2D eigenvalue weighted by Gasteiger charge is -2.21. The van der Waals surface area contributed by atoms with Crippen LogP contribution >= 0.6 is 15.9 Å². The largest absolute Gasteiger partial charge is 0.330 e. The highest BCUT2D eigenvalue weighted by atomic mass is 79.9. The molecule has 1 aromatic rings. The highest BCUT2D eigenvalue weighted by Gasteiger charge is 2.30. The molecule has 1 aliphatic rings. The van der Waals surface area contributed by atoms with Crippen molar-refractivity contribution in [2.75, 3.05) is 20.1 Å². The van der Waals surface area contributed by atoms with E-state index in [4.69, 9.17) is 5.73 Å². The van der Waals surface area contributed by atoms with Gasteiger partial charge in [0.1, 0.15) is 5.82 Å². The molecular weight excluding hydrogens is 295 g/mol. The Morgan fingerprint density at radius 3 is 2.78 bits per heavy atom. The maximum atomic E-state index is 13.8. The molecule has 2 N–H and O–H groups in total. The summed E-state index contributed by atoms with van der Waals surface area (Å²) in [7, 11) is 2.11. The molecule has 2 nitrogen and oxygen atoms in total. The van der Waals surface area contributed by atoms with Gasteiger partial charge in [0.15, 0.2) is 0 Å². The highest BCUT2D eigenvalue weighted by molar-refractivity contribution is 9.10. The summed E-state index contributed by atoms with van der Waals surface area (Å²) >= 11 is 3.32. The second-order valence-corrected chi connectivity index (χ2v) is 5.98. The van der Waals surface area contributed by atoms with E-state index < -0.39 is 0 Å². The number of hydrogen-bond donors (Lipinski definition) is 1. The SMILES string of the molecule is CCc1cc(C2CC(CN)CN2C)cc(Br)c1F. The maximum absolute atomic E-state index is 13.8.